The van der Waals surface area contributed by atoms with E-state index in [9.17, 15) is 18.3 Å². The number of sulfonamides is 1. The number of nitrogens with one attached hydrogen (secondary N) is 1. The van der Waals surface area contributed by atoms with Crippen molar-refractivity contribution >= 4 is 15.9 Å². The summed E-state index contributed by atoms with van der Waals surface area (Å²) in [4.78, 5) is 12.7. The second kappa shape index (κ2) is 7.87. The Balaban J connectivity index is 1.98. The highest BCUT2D eigenvalue weighted by Gasteiger charge is 2.32. The number of aryl methyl sites for hydroxylation is 1. The lowest BCUT2D eigenvalue weighted by molar-refractivity contribution is 0.0586. The lowest BCUT2D eigenvalue weighted by Gasteiger charge is -2.24. The highest BCUT2D eigenvalue weighted by Crippen LogP contribution is 2.23. The molecule has 2 aromatic carbocycles. The Bertz CT molecular complexity index is 1020. The number of carbonyl (C=O) groups is 1. The van der Waals surface area contributed by atoms with E-state index in [0.29, 0.717) is 11.1 Å². The van der Waals surface area contributed by atoms with Crippen LogP contribution >= 0.6 is 0 Å². The van der Waals surface area contributed by atoms with Gasteiger partial charge < -0.3 is 5.11 Å². The second-order valence-corrected chi connectivity index (χ2v) is 7.83. The Morgan fingerprint density at radius 3 is 2.19 bits per heavy atom. The molecule has 140 valence electrons. The number of hydrogen-bond donors (Lipinski definition) is 2. The molecule has 0 unspecified atom stereocenters. The van der Waals surface area contributed by atoms with Crippen molar-refractivity contribution in [3.63, 3.8) is 0 Å². The minimum atomic E-state index is -3.96. The molecule has 0 saturated carbocycles. The molecule has 6 nitrogen and oxygen atoms in total. The highest BCUT2D eigenvalue weighted by atomic mass is 32.2. The quantitative estimate of drug-likeness (QED) is 0.684. The van der Waals surface area contributed by atoms with E-state index in [2.05, 4.69) is 4.72 Å². The monoisotopic (exact) mass is 384 g/mol. The maximum absolute atomic E-state index is 12.9. The fourth-order valence-corrected chi connectivity index (χ4v) is 4.32. The van der Waals surface area contributed by atoms with Crippen LogP contribution in [-0.4, -0.2) is 30.1 Å². The summed E-state index contributed by atoms with van der Waals surface area (Å²) in [5.74, 6) is -0.624. The van der Waals surface area contributed by atoms with E-state index in [0.717, 1.165) is 0 Å². The predicted octanol–water partition coefficient (Wildman–Crippen LogP) is 2.52. The van der Waals surface area contributed by atoms with E-state index in [1.807, 2.05) is 0 Å². The SMILES string of the molecule is Cc1ccccc1S(=O)(=O)N[C@@H](c1ccccc1)[C@@H](O)C(=O)n1cccc1. The number of benzene rings is 2. The van der Waals surface area contributed by atoms with Gasteiger partial charge in [0.25, 0.3) is 5.91 Å². The van der Waals surface area contributed by atoms with Crippen molar-refractivity contribution in [2.45, 2.75) is 24.0 Å². The van der Waals surface area contributed by atoms with Gasteiger partial charge in [-0.2, -0.15) is 0 Å². The molecule has 0 aliphatic carbocycles. The predicted molar refractivity (Wildman–Crippen MR) is 102 cm³/mol. The third kappa shape index (κ3) is 4.16. The Morgan fingerprint density at radius 2 is 1.56 bits per heavy atom. The molecule has 0 bridgehead atoms. The van der Waals surface area contributed by atoms with E-state index < -0.39 is 28.1 Å². The summed E-state index contributed by atoms with van der Waals surface area (Å²) >= 11 is 0. The number of aliphatic hydroxyl groups excluding tert-OH is 1. The molecule has 0 radical (unpaired) electrons. The summed E-state index contributed by atoms with van der Waals surface area (Å²) in [6.45, 7) is 1.69. The van der Waals surface area contributed by atoms with Gasteiger partial charge in [0, 0.05) is 12.4 Å². The molecule has 7 heteroatoms. The molecule has 1 aromatic heterocycles. The van der Waals surface area contributed by atoms with Gasteiger partial charge in [-0.15, -0.1) is 0 Å². The van der Waals surface area contributed by atoms with Gasteiger partial charge in [0.1, 0.15) is 0 Å². The zero-order valence-electron chi connectivity index (χ0n) is 14.7. The maximum atomic E-state index is 12.9. The highest BCUT2D eigenvalue weighted by molar-refractivity contribution is 7.89. The van der Waals surface area contributed by atoms with Crippen LogP contribution in [0, 0.1) is 6.92 Å². The second-order valence-electron chi connectivity index (χ2n) is 6.15. The molecular weight excluding hydrogens is 364 g/mol. The molecule has 0 spiro atoms. The lowest BCUT2D eigenvalue weighted by Crippen LogP contribution is -2.42. The number of aromatic nitrogens is 1. The van der Waals surface area contributed by atoms with Crippen molar-refractivity contribution in [2.75, 3.05) is 0 Å². The molecule has 0 fully saturated rings. The number of rotatable bonds is 6. The maximum Gasteiger partial charge on any atom is 0.261 e. The number of hydrogen-bond acceptors (Lipinski definition) is 4. The first-order valence-electron chi connectivity index (χ1n) is 8.38. The lowest BCUT2D eigenvalue weighted by atomic mass is 10.0. The fraction of sp³-hybridized carbons (Fsp3) is 0.150. The van der Waals surface area contributed by atoms with Crippen LogP contribution in [0.1, 0.15) is 22.0 Å². The number of carbonyl (C=O) groups excluding carboxylic acids is 1. The Morgan fingerprint density at radius 1 is 0.963 bits per heavy atom. The zero-order valence-corrected chi connectivity index (χ0v) is 15.5. The molecule has 1 heterocycles. The molecule has 3 rings (SSSR count). The van der Waals surface area contributed by atoms with Crippen LogP contribution in [0.15, 0.2) is 84.0 Å². The zero-order chi connectivity index (χ0) is 19.4. The van der Waals surface area contributed by atoms with Crippen LogP contribution in [0.4, 0.5) is 0 Å². The van der Waals surface area contributed by atoms with E-state index in [1.54, 1.807) is 67.6 Å². The van der Waals surface area contributed by atoms with Crippen molar-refractivity contribution in [3.05, 3.63) is 90.3 Å². The Hall–Kier alpha value is -2.74. The van der Waals surface area contributed by atoms with Crippen molar-refractivity contribution in [3.8, 4) is 0 Å². The molecule has 27 heavy (non-hydrogen) atoms. The van der Waals surface area contributed by atoms with E-state index in [1.165, 1.54) is 23.0 Å². The number of nitrogens with zero attached hydrogens (tertiary/aromatic N) is 1. The van der Waals surface area contributed by atoms with Crippen LogP contribution in [0.3, 0.4) is 0 Å². The van der Waals surface area contributed by atoms with Gasteiger partial charge in [-0.05, 0) is 36.2 Å². The largest absolute Gasteiger partial charge is 0.381 e. The van der Waals surface area contributed by atoms with Crippen molar-refractivity contribution in [2.24, 2.45) is 0 Å². The van der Waals surface area contributed by atoms with Crippen LogP contribution in [0.25, 0.3) is 0 Å². The van der Waals surface area contributed by atoms with Crippen LogP contribution < -0.4 is 4.72 Å². The van der Waals surface area contributed by atoms with Crippen LogP contribution in [0.5, 0.6) is 0 Å². The van der Waals surface area contributed by atoms with Gasteiger partial charge in [-0.25, -0.2) is 13.1 Å². The molecule has 0 amide bonds. The molecule has 2 N–H and O–H groups in total. The van der Waals surface area contributed by atoms with E-state index in [4.69, 9.17) is 0 Å². The molecule has 0 saturated heterocycles. The summed E-state index contributed by atoms with van der Waals surface area (Å²) in [5, 5.41) is 10.7. The van der Waals surface area contributed by atoms with Crippen molar-refractivity contribution in [1.29, 1.82) is 0 Å². The van der Waals surface area contributed by atoms with Gasteiger partial charge in [-0.3, -0.25) is 9.36 Å². The van der Waals surface area contributed by atoms with Crippen molar-refractivity contribution < 1.29 is 18.3 Å². The molecular formula is C20H20N2O4S. The summed E-state index contributed by atoms with van der Waals surface area (Å²) in [6, 6.07) is 17.3. The van der Waals surface area contributed by atoms with E-state index in [-0.39, 0.29) is 4.90 Å². The number of aliphatic hydroxyl groups is 1. The van der Waals surface area contributed by atoms with Gasteiger partial charge >= 0.3 is 0 Å². The summed E-state index contributed by atoms with van der Waals surface area (Å²) < 4.78 is 29.5. The first-order valence-corrected chi connectivity index (χ1v) is 9.86. The first kappa shape index (κ1) is 19.0. The molecule has 3 aromatic rings. The van der Waals surface area contributed by atoms with Gasteiger partial charge in [0.15, 0.2) is 6.10 Å². The van der Waals surface area contributed by atoms with Crippen LogP contribution in [-0.2, 0) is 10.0 Å². The van der Waals surface area contributed by atoms with Crippen LogP contribution in [0.2, 0.25) is 0 Å². The molecule has 0 aliphatic rings. The average molecular weight is 384 g/mol. The molecule has 0 aliphatic heterocycles. The van der Waals surface area contributed by atoms with Gasteiger partial charge in [-0.1, -0.05) is 48.5 Å². The third-order valence-corrected chi connectivity index (χ3v) is 5.85. The topological polar surface area (TPSA) is 88.4 Å². The van der Waals surface area contributed by atoms with Crippen molar-refractivity contribution in [1.82, 2.24) is 9.29 Å². The minimum absolute atomic E-state index is 0.103. The Kier molecular flexibility index (Phi) is 5.55. The van der Waals surface area contributed by atoms with E-state index >= 15 is 0 Å². The van der Waals surface area contributed by atoms with Gasteiger partial charge in [0.05, 0.1) is 10.9 Å². The standard InChI is InChI=1S/C20H20N2O4S/c1-15-9-5-6-12-17(15)27(25,26)21-18(16-10-3-2-4-11-16)19(23)20(24)22-13-7-8-14-22/h2-14,18-19,21,23H,1H3/t18-,19+/m0/s1. The fourth-order valence-electron chi connectivity index (χ4n) is 2.84. The van der Waals surface area contributed by atoms with Gasteiger partial charge in [0.2, 0.25) is 10.0 Å². The third-order valence-electron chi connectivity index (χ3n) is 4.25. The first-order chi connectivity index (χ1) is 12.9. The summed E-state index contributed by atoms with van der Waals surface area (Å²) in [7, 11) is -3.96. The smallest absolute Gasteiger partial charge is 0.261 e. The average Bonchev–Trinajstić information content (AvgIpc) is 3.21. The summed E-state index contributed by atoms with van der Waals surface area (Å²) in [5.41, 5.74) is 1.06. The Labute approximate surface area is 158 Å². The summed E-state index contributed by atoms with van der Waals surface area (Å²) in [6.07, 6.45) is 1.41. The minimum Gasteiger partial charge on any atom is -0.381 e. The normalized spacial score (nSPS) is 13.9. The molecule has 2 atom stereocenters.